The number of hydrogen-bond donors (Lipinski definition) is 8. The quantitative estimate of drug-likeness (QED) is 0.0701. The smallest absolute Gasteiger partial charge is 0.243 e. The zero-order chi connectivity index (χ0) is 31.2. The topological polar surface area (TPSA) is 241 Å². The summed E-state index contributed by atoms with van der Waals surface area (Å²) in [5.74, 6) is -2.24. The molecule has 0 fully saturated rings. The molecule has 0 radical (unpaired) electrons. The van der Waals surface area contributed by atoms with Crippen LogP contribution in [0.3, 0.4) is 0 Å². The van der Waals surface area contributed by atoms with Crippen LogP contribution in [0.2, 0.25) is 0 Å². The van der Waals surface area contributed by atoms with Crippen molar-refractivity contribution in [1.82, 2.24) is 16.0 Å². The molecule has 2 rings (SSSR count). The minimum absolute atomic E-state index is 0.0120. The summed E-state index contributed by atoms with van der Waals surface area (Å²) < 4.78 is 0. The summed E-state index contributed by atoms with van der Waals surface area (Å²) in [6.07, 6.45) is 0.821. The lowest BCUT2D eigenvalue weighted by atomic mass is 9.95. The van der Waals surface area contributed by atoms with Crippen molar-refractivity contribution in [3.8, 4) is 5.75 Å². The van der Waals surface area contributed by atoms with E-state index in [0.29, 0.717) is 6.42 Å². The number of primary amides is 1. The Kier molecular flexibility index (Phi) is 13.2. The molecule has 13 nitrogen and oxygen atoms in total. The van der Waals surface area contributed by atoms with E-state index in [-0.39, 0.29) is 50.5 Å². The molecule has 3 atom stereocenters. The lowest BCUT2D eigenvalue weighted by molar-refractivity contribution is -0.132. The highest BCUT2D eigenvalue weighted by atomic mass is 16.3. The normalized spacial score (nSPS) is 12.8. The number of aliphatic imine (C=N–C) groups is 1. The molecule has 0 saturated heterocycles. The van der Waals surface area contributed by atoms with E-state index in [1.165, 1.54) is 12.1 Å². The number of benzene rings is 2. The Labute approximate surface area is 245 Å². The van der Waals surface area contributed by atoms with Gasteiger partial charge in [0.1, 0.15) is 17.8 Å². The van der Waals surface area contributed by atoms with Gasteiger partial charge in [0.15, 0.2) is 5.96 Å². The number of aryl methyl sites for hydroxylation is 2. The minimum Gasteiger partial charge on any atom is -0.508 e. The van der Waals surface area contributed by atoms with E-state index in [0.717, 1.165) is 22.3 Å². The predicted molar refractivity (Wildman–Crippen MR) is 160 cm³/mol. The number of carbonyl (C=O) groups is 4. The Morgan fingerprint density at radius 1 is 0.857 bits per heavy atom. The predicted octanol–water partition coefficient (Wildman–Crippen LogP) is -0.864. The van der Waals surface area contributed by atoms with Crippen LogP contribution in [0.4, 0.5) is 0 Å². The average Bonchev–Trinajstić information content (AvgIpc) is 2.92. The number of rotatable bonds is 16. The fraction of sp³-hybridized carbons (Fsp3) is 0.414. The first-order valence-electron chi connectivity index (χ1n) is 13.7. The Morgan fingerprint density at radius 2 is 1.48 bits per heavy atom. The number of nitrogens with one attached hydrogen (secondary N) is 3. The van der Waals surface area contributed by atoms with Gasteiger partial charge in [-0.2, -0.15) is 0 Å². The second-order valence-electron chi connectivity index (χ2n) is 10.1. The summed E-state index contributed by atoms with van der Waals surface area (Å²) in [5, 5.41) is 17.6. The number of aromatic hydroxyl groups is 1. The third-order valence-electron chi connectivity index (χ3n) is 6.66. The number of phenols is 1. The van der Waals surface area contributed by atoms with Gasteiger partial charge >= 0.3 is 0 Å². The number of nitrogens with zero attached hydrogens (tertiary/aromatic N) is 1. The summed E-state index contributed by atoms with van der Waals surface area (Å²) in [7, 11) is 0. The van der Waals surface area contributed by atoms with Crippen molar-refractivity contribution in [2.75, 3.05) is 13.1 Å². The van der Waals surface area contributed by atoms with Crippen molar-refractivity contribution >= 4 is 29.6 Å². The SMILES string of the molecule is Cc1cccc(C)c1C[C@@H](NC(=O)[C@@H](CCCN=C(N)N)NC(=O)[C@@H](N)Cc1ccc(O)cc1)C(=O)NCCC(N)=O. The maximum absolute atomic E-state index is 13.5. The average molecular weight is 583 g/mol. The molecule has 42 heavy (non-hydrogen) atoms. The van der Waals surface area contributed by atoms with E-state index in [9.17, 15) is 24.3 Å². The van der Waals surface area contributed by atoms with Gasteiger partial charge in [0.25, 0.3) is 0 Å². The number of hydrogen-bond acceptors (Lipinski definition) is 7. The molecule has 0 aromatic heterocycles. The standard InChI is InChI=1S/C29H42N8O5/c1-17-5-3-6-18(2)21(17)16-24(27(41)34-14-12-25(31)39)37-28(42)23(7-4-13-35-29(32)33)36-26(40)22(30)15-19-8-10-20(38)11-9-19/h3,5-6,8-11,22-24,38H,4,7,12-16,30H2,1-2H3,(H2,31,39)(H,34,41)(H,36,40)(H,37,42)(H4,32,33,35)/t22-,23+,24+/m0/s1. The number of nitrogens with two attached hydrogens (primary N) is 4. The number of guanidine groups is 1. The fourth-order valence-corrected chi connectivity index (χ4v) is 4.32. The van der Waals surface area contributed by atoms with Crippen LogP contribution in [-0.2, 0) is 32.0 Å². The summed E-state index contributed by atoms with van der Waals surface area (Å²) in [6.45, 7) is 4.06. The molecule has 0 saturated carbocycles. The zero-order valence-electron chi connectivity index (χ0n) is 24.1. The molecular formula is C29H42N8O5. The Morgan fingerprint density at radius 3 is 2.07 bits per heavy atom. The summed E-state index contributed by atoms with van der Waals surface area (Å²) in [6, 6.07) is 8.97. The van der Waals surface area contributed by atoms with Gasteiger partial charge in [0, 0.05) is 25.9 Å². The van der Waals surface area contributed by atoms with Gasteiger partial charge in [-0.25, -0.2) is 0 Å². The van der Waals surface area contributed by atoms with Gasteiger partial charge in [-0.15, -0.1) is 0 Å². The maximum atomic E-state index is 13.5. The van der Waals surface area contributed by atoms with Crippen molar-refractivity contribution in [2.24, 2.45) is 27.9 Å². The molecule has 228 valence electrons. The summed E-state index contributed by atoms with van der Waals surface area (Å²) >= 11 is 0. The van der Waals surface area contributed by atoms with Crippen molar-refractivity contribution in [2.45, 2.75) is 64.1 Å². The Bertz CT molecular complexity index is 1240. The van der Waals surface area contributed by atoms with Crippen molar-refractivity contribution in [3.63, 3.8) is 0 Å². The van der Waals surface area contributed by atoms with Gasteiger partial charge in [0.05, 0.1) is 6.04 Å². The van der Waals surface area contributed by atoms with Crippen molar-refractivity contribution in [1.29, 1.82) is 0 Å². The third-order valence-corrected chi connectivity index (χ3v) is 6.66. The largest absolute Gasteiger partial charge is 0.508 e. The molecule has 0 aliphatic carbocycles. The van der Waals surface area contributed by atoms with Crippen LogP contribution in [0.25, 0.3) is 0 Å². The fourth-order valence-electron chi connectivity index (χ4n) is 4.32. The molecule has 4 amide bonds. The van der Waals surface area contributed by atoms with Gasteiger partial charge in [0.2, 0.25) is 23.6 Å². The second kappa shape index (κ2) is 16.6. The van der Waals surface area contributed by atoms with E-state index >= 15 is 0 Å². The molecule has 0 heterocycles. The van der Waals surface area contributed by atoms with Crippen LogP contribution < -0.4 is 38.9 Å². The molecule has 0 unspecified atom stereocenters. The molecule has 0 aliphatic heterocycles. The molecule has 13 heteroatoms. The van der Waals surface area contributed by atoms with Crippen molar-refractivity contribution < 1.29 is 24.3 Å². The highest BCUT2D eigenvalue weighted by molar-refractivity contribution is 5.93. The summed E-state index contributed by atoms with van der Waals surface area (Å²) in [5.41, 5.74) is 25.6. The van der Waals surface area contributed by atoms with Crippen LogP contribution in [0.5, 0.6) is 5.75 Å². The van der Waals surface area contributed by atoms with Crippen LogP contribution >= 0.6 is 0 Å². The molecule has 0 bridgehead atoms. The lowest BCUT2D eigenvalue weighted by Gasteiger charge is -2.25. The van der Waals surface area contributed by atoms with Crippen LogP contribution in [0.15, 0.2) is 47.5 Å². The van der Waals surface area contributed by atoms with E-state index in [1.54, 1.807) is 12.1 Å². The number of carbonyl (C=O) groups excluding carboxylic acids is 4. The first-order chi connectivity index (χ1) is 19.9. The molecule has 2 aromatic carbocycles. The molecule has 12 N–H and O–H groups in total. The molecular weight excluding hydrogens is 540 g/mol. The highest BCUT2D eigenvalue weighted by Crippen LogP contribution is 2.16. The van der Waals surface area contributed by atoms with Gasteiger partial charge in [-0.1, -0.05) is 30.3 Å². The van der Waals surface area contributed by atoms with Crippen LogP contribution in [-0.4, -0.2) is 65.9 Å². The van der Waals surface area contributed by atoms with E-state index in [2.05, 4.69) is 20.9 Å². The first kappa shape index (κ1) is 33.6. The maximum Gasteiger partial charge on any atom is 0.243 e. The van der Waals surface area contributed by atoms with Gasteiger partial charge in [-0.05, 0) is 67.5 Å². The van der Waals surface area contributed by atoms with Gasteiger partial charge in [-0.3, -0.25) is 24.2 Å². The first-order valence-corrected chi connectivity index (χ1v) is 13.7. The molecule has 0 spiro atoms. The molecule has 2 aromatic rings. The van der Waals surface area contributed by atoms with Crippen molar-refractivity contribution in [3.05, 3.63) is 64.7 Å². The van der Waals surface area contributed by atoms with Gasteiger partial charge < -0.3 is 44.0 Å². The zero-order valence-corrected chi connectivity index (χ0v) is 24.1. The summed E-state index contributed by atoms with van der Waals surface area (Å²) in [4.78, 5) is 54.8. The van der Waals surface area contributed by atoms with E-state index in [4.69, 9.17) is 22.9 Å². The van der Waals surface area contributed by atoms with Crippen LogP contribution in [0, 0.1) is 13.8 Å². The van der Waals surface area contributed by atoms with E-state index < -0.39 is 41.8 Å². The van der Waals surface area contributed by atoms with Crippen LogP contribution in [0.1, 0.15) is 41.5 Å². The number of phenolic OH excluding ortho intramolecular Hbond substituents is 1. The van der Waals surface area contributed by atoms with E-state index in [1.807, 2.05) is 32.0 Å². The second-order valence-corrected chi connectivity index (χ2v) is 10.1. The Hall–Kier alpha value is -4.65. The minimum atomic E-state index is -1.04. The number of amides is 4. The third kappa shape index (κ3) is 11.5. The highest BCUT2D eigenvalue weighted by Gasteiger charge is 2.29. The lowest BCUT2D eigenvalue weighted by Crippen LogP contribution is -2.56. The molecule has 0 aliphatic rings. The Balaban J connectivity index is 2.23. The monoisotopic (exact) mass is 582 g/mol.